The molecule has 0 saturated carbocycles. The number of Topliss-reactive ketones (excluding diaryl/α,β-unsaturated/α-hetero) is 1. The fourth-order valence-corrected chi connectivity index (χ4v) is 1.18. The van der Waals surface area contributed by atoms with Gasteiger partial charge >= 0.3 is 0 Å². The summed E-state index contributed by atoms with van der Waals surface area (Å²) in [5.41, 5.74) is 0. The van der Waals surface area contributed by atoms with Gasteiger partial charge in [0, 0.05) is 5.92 Å². The molecule has 0 spiro atoms. The first-order chi connectivity index (χ1) is 4.72. The summed E-state index contributed by atoms with van der Waals surface area (Å²) in [6, 6.07) is 0. The molecule has 1 unspecified atom stereocenters. The Bertz CT molecular complexity index is 120. The van der Waals surface area contributed by atoms with Crippen LogP contribution >= 0.6 is 12.2 Å². The van der Waals surface area contributed by atoms with E-state index in [0.717, 1.165) is 19.3 Å². The number of carbonyl (C=O) groups excluding carboxylic acids is 1. The first-order valence-corrected chi connectivity index (χ1v) is 4.13. The summed E-state index contributed by atoms with van der Waals surface area (Å²) in [5, 5.41) is 1.65. The van der Waals surface area contributed by atoms with E-state index in [1.54, 1.807) is 12.3 Å². The zero-order valence-corrected chi connectivity index (χ0v) is 7.41. The fraction of sp³-hybridized carbons (Fsp3) is 0.750. The van der Waals surface area contributed by atoms with Crippen LogP contribution in [0.3, 0.4) is 0 Å². The third-order valence-electron chi connectivity index (χ3n) is 1.59. The molecule has 58 valence electrons. The smallest absolute Gasteiger partial charge is 0.133 e. The zero-order chi connectivity index (χ0) is 7.98. The Kier molecular flexibility index (Phi) is 5.40. The molecular weight excluding hydrogens is 144 g/mol. The van der Waals surface area contributed by atoms with Crippen molar-refractivity contribution in [3.8, 4) is 0 Å². The van der Waals surface area contributed by atoms with Gasteiger partial charge in [0.25, 0.3) is 0 Å². The first-order valence-electron chi connectivity index (χ1n) is 3.66. The molecule has 0 rings (SSSR count). The molecule has 0 aromatic heterocycles. The summed E-state index contributed by atoms with van der Waals surface area (Å²) >= 11 is 4.68. The number of ketones is 1. The molecule has 1 atom stereocenters. The Morgan fingerprint density at radius 3 is 2.60 bits per heavy atom. The second-order valence-corrected chi connectivity index (χ2v) is 2.83. The van der Waals surface area contributed by atoms with Gasteiger partial charge in [-0.25, -0.2) is 0 Å². The molecule has 1 nitrogen and oxygen atoms in total. The molecule has 0 aliphatic carbocycles. The number of carbonyl (C=O) groups is 1. The third kappa shape index (κ3) is 3.72. The summed E-state index contributed by atoms with van der Waals surface area (Å²) < 4.78 is 0. The number of hydrogen-bond donors (Lipinski definition) is 0. The van der Waals surface area contributed by atoms with Crippen LogP contribution in [0.5, 0.6) is 0 Å². The number of rotatable bonds is 5. The maximum Gasteiger partial charge on any atom is 0.133 e. The minimum absolute atomic E-state index is 0.183. The fourth-order valence-electron chi connectivity index (χ4n) is 0.952. The molecule has 0 aliphatic heterocycles. The van der Waals surface area contributed by atoms with Gasteiger partial charge in [0.2, 0.25) is 0 Å². The van der Waals surface area contributed by atoms with E-state index in [4.69, 9.17) is 0 Å². The summed E-state index contributed by atoms with van der Waals surface area (Å²) in [7, 11) is 0. The molecule has 0 aromatic rings. The lowest BCUT2D eigenvalue weighted by Gasteiger charge is -2.07. The summed E-state index contributed by atoms with van der Waals surface area (Å²) in [4.78, 5) is 10.9. The molecule has 0 saturated heterocycles. The van der Waals surface area contributed by atoms with Crippen molar-refractivity contribution in [2.75, 3.05) is 0 Å². The quantitative estimate of drug-likeness (QED) is 0.571. The Morgan fingerprint density at radius 1 is 1.70 bits per heavy atom. The molecule has 0 amide bonds. The van der Waals surface area contributed by atoms with Gasteiger partial charge in [0.05, 0.1) is 0 Å². The zero-order valence-electron chi connectivity index (χ0n) is 6.59. The van der Waals surface area contributed by atoms with E-state index in [9.17, 15) is 4.79 Å². The topological polar surface area (TPSA) is 17.1 Å². The van der Waals surface area contributed by atoms with Crippen LogP contribution in [-0.2, 0) is 4.79 Å². The average molecular weight is 158 g/mol. The van der Waals surface area contributed by atoms with Gasteiger partial charge in [-0.1, -0.05) is 25.6 Å². The van der Waals surface area contributed by atoms with Crippen LogP contribution in [0.25, 0.3) is 0 Å². The highest BCUT2D eigenvalue weighted by molar-refractivity contribution is 7.78. The standard InChI is InChI=1S/C8H14OS/c1-3-4-8(5-6-10)7(2)9/h6,8H,3-5H2,1-2H3. The highest BCUT2D eigenvalue weighted by Gasteiger charge is 2.10. The molecule has 2 heteroatoms. The van der Waals surface area contributed by atoms with Crippen LogP contribution in [0.2, 0.25) is 0 Å². The largest absolute Gasteiger partial charge is 0.300 e. The van der Waals surface area contributed by atoms with Crippen LogP contribution in [-0.4, -0.2) is 11.2 Å². The lowest BCUT2D eigenvalue weighted by Crippen LogP contribution is -2.10. The van der Waals surface area contributed by atoms with Crippen molar-refractivity contribution in [2.45, 2.75) is 33.1 Å². The lowest BCUT2D eigenvalue weighted by molar-refractivity contribution is -0.120. The van der Waals surface area contributed by atoms with E-state index in [1.807, 2.05) is 0 Å². The molecule has 10 heavy (non-hydrogen) atoms. The van der Waals surface area contributed by atoms with Crippen molar-refractivity contribution in [3.05, 3.63) is 0 Å². The second-order valence-electron chi connectivity index (χ2n) is 2.50. The summed E-state index contributed by atoms with van der Waals surface area (Å²) in [6.45, 7) is 3.72. The summed E-state index contributed by atoms with van der Waals surface area (Å²) in [6.07, 6.45) is 2.80. The molecule has 0 heterocycles. The van der Waals surface area contributed by atoms with Crippen LogP contribution in [0.1, 0.15) is 33.1 Å². The van der Waals surface area contributed by atoms with Crippen LogP contribution in [0, 0.1) is 5.92 Å². The second kappa shape index (κ2) is 5.54. The molecule has 0 bridgehead atoms. The molecule has 0 aromatic carbocycles. The molecule has 0 radical (unpaired) electrons. The minimum atomic E-state index is 0.183. The van der Waals surface area contributed by atoms with E-state index in [0.29, 0.717) is 0 Å². The number of thiocarbonyl (C=S) groups is 1. The predicted molar refractivity (Wildman–Crippen MR) is 47.4 cm³/mol. The first kappa shape index (κ1) is 9.76. The maximum absolute atomic E-state index is 10.9. The maximum atomic E-state index is 10.9. The van der Waals surface area contributed by atoms with Crippen LogP contribution in [0.15, 0.2) is 0 Å². The predicted octanol–water partition coefficient (Wildman–Crippen LogP) is 2.38. The van der Waals surface area contributed by atoms with E-state index in [2.05, 4.69) is 19.1 Å². The van der Waals surface area contributed by atoms with Gasteiger partial charge in [0.1, 0.15) is 5.78 Å². The van der Waals surface area contributed by atoms with E-state index in [-0.39, 0.29) is 11.7 Å². The molecular formula is C8H14OS. The van der Waals surface area contributed by atoms with E-state index >= 15 is 0 Å². The van der Waals surface area contributed by atoms with Crippen molar-refractivity contribution in [1.82, 2.24) is 0 Å². The van der Waals surface area contributed by atoms with Crippen molar-refractivity contribution in [1.29, 1.82) is 0 Å². The minimum Gasteiger partial charge on any atom is -0.300 e. The number of hydrogen-bond acceptors (Lipinski definition) is 2. The SMILES string of the molecule is CCCC(CC=S)C(C)=O. The van der Waals surface area contributed by atoms with Crippen molar-refractivity contribution < 1.29 is 4.79 Å². The highest BCUT2D eigenvalue weighted by Crippen LogP contribution is 2.10. The van der Waals surface area contributed by atoms with Crippen molar-refractivity contribution >= 4 is 23.4 Å². The van der Waals surface area contributed by atoms with Gasteiger partial charge in [-0.2, -0.15) is 0 Å². The lowest BCUT2D eigenvalue weighted by atomic mass is 9.97. The van der Waals surface area contributed by atoms with Gasteiger partial charge in [0.15, 0.2) is 0 Å². The Morgan fingerprint density at radius 2 is 2.30 bits per heavy atom. The molecule has 0 fully saturated rings. The van der Waals surface area contributed by atoms with Gasteiger partial charge in [-0.3, -0.25) is 4.79 Å². The molecule has 0 N–H and O–H groups in total. The highest BCUT2D eigenvalue weighted by atomic mass is 32.1. The third-order valence-corrected chi connectivity index (χ3v) is 1.79. The van der Waals surface area contributed by atoms with E-state index < -0.39 is 0 Å². The molecule has 0 aliphatic rings. The Labute approximate surface area is 67.8 Å². The summed E-state index contributed by atoms with van der Waals surface area (Å²) in [5.74, 6) is 0.449. The van der Waals surface area contributed by atoms with E-state index in [1.165, 1.54) is 0 Å². The Balaban J connectivity index is 3.71. The van der Waals surface area contributed by atoms with Crippen LogP contribution < -0.4 is 0 Å². The normalized spacial score (nSPS) is 12.6. The van der Waals surface area contributed by atoms with Gasteiger partial charge in [-0.05, 0) is 25.1 Å². The van der Waals surface area contributed by atoms with Crippen molar-refractivity contribution in [2.24, 2.45) is 5.92 Å². The van der Waals surface area contributed by atoms with Crippen molar-refractivity contribution in [3.63, 3.8) is 0 Å². The van der Waals surface area contributed by atoms with Crippen LogP contribution in [0.4, 0.5) is 0 Å². The van der Waals surface area contributed by atoms with Gasteiger partial charge in [-0.15, -0.1) is 0 Å². The Hall–Kier alpha value is -0.240. The monoisotopic (exact) mass is 158 g/mol. The van der Waals surface area contributed by atoms with Gasteiger partial charge < -0.3 is 0 Å². The average Bonchev–Trinajstić information content (AvgIpc) is 1.87.